The van der Waals surface area contributed by atoms with Gasteiger partial charge in [-0.25, -0.2) is 0 Å². The smallest absolute Gasteiger partial charge is 0.227 e. The molecule has 1 aromatic carbocycles. The van der Waals surface area contributed by atoms with Crippen molar-refractivity contribution in [2.45, 2.75) is 51.2 Å². The fourth-order valence-electron chi connectivity index (χ4n) is 3.61. The molecule has 2 N–H and O–H groups in total. The van der Waals surface area contributed by atoms with Gasteiger partial charge in [0.05, 0.1) is 24.3 Å². The fraction of sp³-hybridized carbons (Fsp3) is 0.579. The maximum Gasteiger partial charge on any atom is 0.227 e. The van der Waals surface area contributed by atoms with Gasteiger partial charge in [-0.1, -0.05) is 12.1 Å². The van der Waals surface area contributed by atoms with Crippen LogP contribution in [0.1, 0.15) is 39.0 Å². The lowest BCUT2D eigenvalue weighted by atomic mass is 9.92. The van der Waals surface area contributed by atoms with Crippen LogP contribution in [0.3, 0.4) is 0 Å². The van der Waals surface area contributed by atoms with E-state index in [1.165, 1.54) is 0 Å². The van der Waals surface area contributed by atoms with Gasteiger partial charge in [0.25, 0.3) is 0 Å². The number of nitrogens with zero attached hydrogens (tertiary/aromatic N) is 1. The number of hydrogen-bond acceptors (Lipinski definition) is 4. The summed E-state index contributed by atoms with van der Waals surface area (Å²) in [5, 5.41) is 12.6. The molecule has 1 saturated carbocycles. The number of hydrogen-bond donors (Lipinski definition) is 2. The Morgan fingerprint density at radius 1 is 1.28 bits per heavy atom. The zero-order chi connectivity index (χ0) is 17.8. The Hall–Kier alpha value is -2.08. The highest BCUT2D eigenvalue weighted by Crippen LogP contribution is 2.33. The normalized spacial score (nSPS) is 26.6. The first kappa shape index (κ1) is 17.7. The monoisotopic (exact) mass is 346 g/mol. The average Bonchev–Trinajstić information content (AvgIpc) is 2.99. The summed E-state index contributed by atoms with van der Waals surface area (Å²) in [5.41, 5.74) is 0.727. The summed E-state index contributed by atoms with van der Waals surface area (Å²) in [6.07, 6.45) is 3.02. The van der Waals surface area contributed by atoms with Gasteiger partial charge in [0.1, 0.15) is 5.75 Å². The van der Waals surface area contributed by atoms with Crippen LogP contribution >= 0.6 is 0 Å². The molecule has 25 heavy (non-hydrogen) atoms. The van der Waals surface area contributed by atoms with E-state index in [0.717, 1.165) is 31.4 Å². The van der Waals surface area contributed by atoms with Crippen LogP contribution in [-0.4, -0.2) is 42.2 Å². The van der Waals surface area contributed by atoms with Gasteiger partial charge in [0.15, 0.2) is 0 Å². The maximum absolute atomic E-state index is 12.5. The van der Waals surface area contributed by atoms with Gasteiger partial charge in [-0.05, 0) is 44.7 Å². The minimum Gasteiger partial charge on any atom is -0.492 e. The molecule has 1 aromatic rings. The number of anilines is 1. The third-order valence-corrected chi connectivity index (χ3v) is 4.99. The average molecular weight is 346 g/mol. The summed E-state index contributed by atoms with van der Waals surface area (Å²) in [7, 11) is 0. The van der Waals surface area contributed by atoms with Gasteiger partial charge >= 0.3 is 0 Å². The molecule has 3 rings (SSSR count). The molecular formula is C19H26N2O4. The lowest BCUT2D eigenvalue weighted by Gasteiger charge is -2.27. The fourth-order valence-corrected chi connectivity index (χ4v) is 3.61. The lowest BCUT2D eigenvalue weighted by Crippen LogP contribution is -2.42. The number of amides is 2. The predicted octanol–water partition coefficient (Wildman–Crippen LogP) is 1.86. The van der Waals surface area contributed by atoms with Crippen molar-refractivity contribution < 1.29 is 19.4 Å². The van der Waals surface area contributed by atoms with Crippen LogP contribution < -0.4 is 15.0 Å². The molecule has 6 nitrogen and oxygen atoms in total. The third kappa shape index (κ3) is 4.12. The van der Waals surface area contributed by atoms with Crippen LogP contribution in [0.2, 0.25) is 0 Å². The number of aliphatic hydroxyl groups is 1. The Bertz CT molecular complexity index is 626. The van der Waals surface area contributed by atoms with E-state index >= 15 is 0 Å². The molecule has 1 heterocycles. The summed E-state index contributed by atoms with van der Waals surface area (Å²) in [4.78, 5) is 26.6. The highest BCUT2D eigenvalue weighted by atomic mass is 16.5. The Morgan fingerprint density at radius 2 is 2.00 bits per heavy atom. The van der Waals surface area contributed by atoms with Crippen molar-refractivity contribution in [2.75, 3.05) is 18.1 Å². The zero-order valence-corrected chi connectivity index (χ0v) is 14.6. The lowest BCUT2D eigenvalue weighted by molar-refractivity contribution is -0.127. The highest BCUT2D eigenvalue weighted by Gasteiger charge is 2.37. The van der Waals surface area contributed by atoms with Gasteiger partial charge in [-0.3, -0.25) is 9.59 Å². The molecule has 6 heteroatoms. The molecule has 1 aliphatic heterocycles. The molecule has 0 bridgehead atoms. The van der Waals surface area contributed by atoms with E-state index in [0.29, 0.717) is 18.9 Å². The first-order chi connectivity index (χ1) is 12.1. The summed E-state index contributed by atoms with van der Waals surface area (Å²) < 4.78 is 5.61. The van der Waals surface area contributed by atoms with Crippen LogP contribution in [0.25, 0.3) is 0 Å². The Kier molecular flexibility index (Phi) is 5.58. The number of aliphatic hydroxyl groups excluding tert-OH is 1. The van der Waals surface area contributed by atoms with Crippen molar-refractivity contribution in [1.82, 2.24) is 5.32 Å². The minimum atomic E-state index is -0.339. The van der Waals surface area contributed by atoms with Crippen LogP contribution in [0.5, 0.6) is 5.75 Å². The second-order valence-electron chi connectivity index (χ2n) is 6.82. The Morgan fingerprint density at radius 3 is 2.72 bits per heavy atom. The summed E-state index contributed by atoms with van der Waals surface area (Å²) in [6.45, 7) is 2.81. The molecule has 0 spiro atoms. The van der Waals surface area contributed by atoms with Crippen molar-refractivity contribution in [2.24, 2.45) is 5.92 Å². The van der Waals surface area contributed by atoms with Crippen LogP contribution in [-0.2, 0) is 9.59 Å². The van der Waals surface area contributed by atoms with Gasteiger partial charge in [-0.15, -0.1) is 0 Å². The molecule has 2 aliphatic rings. The van der Waals surface area contributed by atoms with E-state index in [1.807, 2.05) is 31.2 Å². The first-order valence-electron chi connectivity index (χ1n) is 9.09. The van der Waals surface area contributed by atoms with E-state index in [-0.39, 0.29) is 36.3 Å². The largest absolute Gasteiger partial charge is 0.492 e. The molecule has 1 aliphatic carbocycles. The van der Waals surface area contributed by atoms with E-state index in [4.69, 9.17) is 4.74 Å². The molecule has 136 valence electrons. The number of benzene rings is 1. The van der Waals surface area contributed by atoms with Crippen molar-refractivity contribution in [1.29, 1.82) is 0 Å². The second-order valence-corrected chi connectivity index (χ2v) is 6.82. The first-order valence-corrected chi connectivity index (χ1v) is 9.09. The molecule has 2 amide bonds. The van der Waals surface area contributed by atoms with Crippen LogP contribution in [0.15, 0.2) is 24.3 Å². The second kappa shape index (κ2) is 7.87. The minimum absolute atomic E-state index is 0.0497. The number of ether oxygens (including phenoxy) is 1. The quantitative estimate of drug-likeness (QED) is 0.853. The Balaban J connectivity index is 1.63. The van der Waals surface area contributed by atoms with E-state index in [9.17, 15) is 14.7 Å². The number of rotatable bonds is 5. The third-order valence-electron chi connectivity index (χ3n) is 4.99. The van der Waals surface area contributed by atoms with E-state index in [1.54, 1.807) is 4.90 Å². The molecule has 2 fully saturated rings. The van der Waals surface area contributed by atoms with Gasteiger partial charge in [0, 0.05) is 19.0 Å². The molecular weight excluding hydrogens is 320 g/mol. The van der Waals surface area contributed by atoms with Gasteiger partial charge in [-0.2, -0.15) is 0 Å². The summed E-state index contributed by atoms with van der Waals surface area (Å²) in [6, 6.07) is 7.54. The zero-order valence-electron chi connectivity index (χ0n) is 14.6. The van der Waals surface area contributed by atoms with E-state index < -0.39 is 0 Å². The molecule has 0 aromatic heterocycles. The summed E-state index contributed by atoms with van der Waals surface area (Å²) >= 11 is 0. The van der Waals surface area contributed by atoms with Crippen molar-refractivity contribution in [3.8, 4) is 5.75 Å². The SMILES string of the molecule is CCOc1ccccc1N1CC(C(=O)NC2CCC(O)CC2)CC1=O. The summed E-state index contributed by atoms with van der Waals surface area (Å²) in [5.74, 6) is 0.215. The number of carbonyl (C=O) groups is 2. The van der Waals surface area contributed by atoms with Crippen LogP contribution in [0.4, 0.5) is 5.69 Å². The van der Waals surface area contributed by atoms with Crippen molar-refractivity contribution >= 4 is 17.5 Å². The standard InChI is InChI=1S/C19H26N2O4/c1-2-25-17-6-4-3-5-16(17)21-12-13(11-18(21)23)19(24)20-14-7-9-15(22)10-8-14/h3-6,13-15,22H,2,7-12H2,1H3,(H,20,24). The number of nitrogens with one attached hydrogen (secondary N) is 1. The van der Waals surface area contributed by atoms with Crippen molar-refractivity contribution in [3.63, 3.8) is 0 Å². The van der Waals surface area contributed by atoms with Gasteiger partial charge in [0.2, 0.25) is 11.8 Å². The van der Waals surface area contributed by atoms with Gasteiger partial charge < -0.3 is 20.1 Å². The molecule has 1 unspecified atom stereocenters. The molecule has 0 radical (unpaired) electrons. The number of para-hydroxylation sites is 2. The topological polar surface area (TPSA) is 78.9 Å². The maximum atomic E-state index is 12.5. The Labute approximate surface area is 148 Å². The van der Waals surface area contributed by atoms with Crippen molar-refractivity contribution in [3.05, 3.63) is 24.3 Å². The predicted molar refractivity (Wildman–Crippen MR) is 94.5 cm³/mol. The highest BCUT2D eigenvalue weighted by molar-refractivity contribution is 6.01. The molecule has 1 atom stereocenters. The number of carbonyl (C=O) groups excluding carboxylic acids is 2. The molecule has 1 saturated heterocycles. The van der Waals surface area contributed by atoms with Crippen LogP contribution in [0, 0.1) is 5.92 Å². The van der Waals surface area contributed by atoms with E-state index in [2.05, 4.69) is 5.32 Å².